The molecule has 1 aromatic heterocycles. The van der Waals surface area contributed by atoms with Gasteiger partial charge < -0.3 is 9.73 Å². The number of fused-ring (bicyclic) bond motifs is 1. The molecule has 0 fully saturated rings. The number of carbonyl (C=O) groups is 1. The first-order valence-electron chi connectivity index (χ1n) is 8.47. The Morgan fingerprint density at radius 3 is 2.68 bits per heavy atom. The summed E-state index contributed by atoms with van der Waals surface area (Å²) in [6, 6.07) is 12.8. The number of halogens is 1. The highest BCUT2D eigenvalue weighted by molar-refractivity contribution is 7.89. The van der Waals surface area contributed by atoms with Gasteiger partial charge in [0, 0.05) is 31.1 Å². The number of rotatable bonds is 8. The van der Waals surface area contributed by atoms with Crippen LogP contribution >= 0.6 is 11.6 Å². The van der Waals surface area contributed by atoms with Crippen molar-refractivity contribution < 1.29 is 17.6 Å². The van der Waals surface area contributed by atoms with E-state index in [4.69, 9.17) is 16.0 Å². The zero-order valence-electron chi connectivity index (χ0n) is 14.7. The van der Waals surface area contributed by atoms with Crippen molar-refractivity contribution in [2.45, 2.75) is 17.9 Å². The molecule has 0 unspecified atom stereocenters. The Kier molecular flexibility index (Phi) is 6.18. The second-order valence-electron chi connectivity index (χ2n) is 5.94. The van der Waals surface area contributed by atoms with E-state index < -0.39 is 15.8 Å². The molecule has 0 bridgehead atoms. The molecule has 28 heavy (non-hydrogen) atoms. The van der Waals surface area contributed by atoms with Crippen LogP contribution in [-0.2, 0) is 21.4 Å². The van der Waals surface area contributed by atoms with E-state index in [1.165, 1.54) is 16.7 Å². The molecular weight excluding hydrogens is 406 g/mol. The quantitative estimate of drug-likeness (QED) is 0.536. The predicted octanol–water partition coefficient (Wildman–Crippen LogP) is 1.73. The fourth-order valence-corrected chi connectivity index (χ4v) is 3.96. The van der Waals surface area contributed by atoms with Gasteiger partial charge in [0.15, 0.2) is 5.58 Å². The second-order valence-corrected chi connectivity index (χ2v) is 8.15. The molecule has 8 nitrogen and oxygen atoms in total. The van der Waals surface area contributed by atoms with Crippen molar-refractivity contribution in [1.82, 2.24) is 14.6 Å². The minimum Gasteiger partial charge on any atom is -0.408 e. The topological polar surface area (TPSA) is 110 Å². The smallest absolute Gasteiger partial charge is 0.408 e. The third-order valence-electron chi connectivity index (χ3n) is 3.98. The van der Waals surface area contributed by atoms with Crippen molar-refractivity contribution in [3.8, 4) is 0 Å². The molecule has 0 atom stereocenters. The first kappa shape index (κ1) is 20.1. The highest BCUT2D eigenvalue weighted by atomic mass is 35.5. The number of amides is 1. The van der Waals surface area contributed by atoms with Gasteiger partial charge in [0.1, 0.15) is 0 Å². The summed E-state index contributed by atoms with van der Waals surface area (Å²) >= 11 is 5.80. The molecule has 2 N–H and O–H groups in total. The van der Waals surface area contributed by atoms with Gasteiger partial charge in [-0.05, 0) is 30.3 Å². The summed E-state index contributed by atoms with van der Waals surface area (Å²) in [7, 11) is -3.70. The Balaban J connectivity index is 1.47. The van der Waals surface area contributed by atoms with E-state index >= 15 is 0 Å². The summed E-state index contributed by atoms with van der Waals surface area (Å²) in [5.41, 5.74) is 1.08. The Bertz CT molecular complexity index is 1150. The zero-order chi connectivity index (χ0) is 20.1. The lowest BCUT2D eigenvalue weighted by atomic mass is 10.3. The Morgan fingerprint density at radius 2 is 1.89 bits per heavy atom. The maximum absolute atomic E-state index is 12.1. The van der Waals surface area contributed by atoms with Crippen molar-refractivity contribution in [3.05, 3.63) is 64.1 Å². The molecule has 0 radical (unpaired) electrons. The summed E-state index contributed by atoms with van der Waals surface area (Å²) in [6.45, 7) is 0.296. The van der Waals surface area contributed by atoms with Crippen LogP contribution in [0.2, 0.25) is 5.02 Å². The SMILES string of the molecule is O=C(CCn1c(=O)oc2ccccc21)NCCNS(=O)(=O)c1cccc(Cl)c1. The monoisotopic (exact) mass is 423 g/mol. The molecule has 1 amide bonds. The van der Waals surface area contributed by atoms with Gasteiger partial charge in [0.05, 0.1) is 10.4 Å². The number of carbonyl (C=O) groups excluding carboxylic acids is 1. The van der Waals surface area contributed by atoms with Crippen LogP contribution in [-0.4, -0.2) is 32.0 Å². The van der Waals surface area contributed by atoms with E-state index in [9.17, 15) is 18.0 Å². The van der Waals surface area contributed by atoms with Gasteiger partial charge >= 0.3 is 5.76 Å². The van der Waals surface area contributed by atoms with Crippen LogP contribution in [0.3, 0.4) is 0 Å². The van der Waals surface area contributed by atoms with Crippen LogP contribution in [0, 0.1) is 0 Å². The number of oxazole rings is 1. The molecule has 0 aliphatic rings. The first-order valence-corrected chi connectivity index (χ1v) is 10.3. The lowest BCUT2D eigenvalue weighted by Gasteiger charge is -2.08. The standard InChI is InChI=1S/C18H18ClN3O5S/c19-13-4-3-5-14(12-13)28(25,26)21-10-9-20-17(23)8-11-22-15-6-1-2-7-16(15)27-18(22)24/h1-7,12,21H,8-11H2,(H,20,23). The molecule has 148 valence electrons. The van der Waals surface area contributed by atoms with Crippen molar-refractivity contribution >= 4 is 38.6 Å². The normalized spacial score (nSPS) is 11.6. The molecule has 10 heteroatoms. The number of hydrogen-bond acceptors (Lipinski definition) is 5. The van der Waals surface area contributed by atoms with Gasteiger partial charge in [-0.2, -0.15) is 0 Å². The Hall–Kier alpha value is -2.62. The molecule has 0 saturated heterocycles. The number of nitrogens with zero attached hydrogens (tertiary/aromatic N) is 1. The van der Waals surface area contributed by atoms with Crippen molar-refractivity contribution in [2.75, 3.05) is 13.1 Å². The number of benzene rings is 2. The van der Waals surface area contributed by atoms with Crippen LogP contribution < -0.4 is 15.8 Å². The van der Waals surface area contributed by atoms with E-state index in [1.54, 1.807) is 36.4 Å². The predicted molar refractivity (Wildman–Crippen MR) is 105 cm³/mol. The lowest BCUT2D eigenvalue weighted by molar-refractivity contribution is -0.121. The first-order chi connectivity index (χ1) is 13.4. The molecule has 0 aliphatic heterocycles. The summed E-state index contributed by atoms with van der Waals surface area (Å²) < 4.78 is 33.2. The minimum absolute atomic E-state index is 0.0230. The Morgan fingerprint density at radius 1 is 1.11 bits per heavy atom. The van der Waals surface area contributed by atoms with Crippen LogP contribution in [0.4, 0.5) is 0 Å². The molecule has 3 rings (SSSR count). The molecule has 0 saturated carbocycles. The third-order valence-corrected chi connectivity index (χ3v) is 5.68. The minimum atomic E-state index is -3.70. The van der Waals surface area contributed by atoms with Gasteiger partial charge in [0.25, 0.3) is 0 Å². The molecule has 2 aromatic carbocycles. The van der Waals surface area contributed by atoms with Crippen molar-refractivity contribution in [3.63, 3.8) is 0 Å². The van der Waals surface area contributed by atoms with Gasteiger partial charge in [-0.3, -0.25) is 9.36 Å². The third kappa shape index (κ3) is 4.80. The summed E-state index contributed by atoms with van der Waals surface area (Å²) in [5, 5.41) is 2.93. The van der Waals surface area contributed by atoms with Crippen molar-refractivity contribution in [2.24, 2.45) is 0 Å². The number of hydrogen-bond donors (Lipinski definition) is 2. The van der Waals surface area contributed by atoms with E-state index in [-0.39, 0.29) is 36.9 Å². The summed E-state index contributed by atoms with van der Waals surface area (Å²) in [5.74, 6) is -0.831. The average Bonchev–Trinajstić information content (AvgIpc) is 2.98. The van der Waals surface area contributed by atoms with E-state index in [2.05, 4.69) is 10.0 Å². The number of aromatic nitrogens is 1. The fourth-order valence-electron chi connectivity index (χ4n) is 2.63. The van der Waals surface area contributed by atoms with Crippen molar-refractivity contribution in [1.29, 1.82) is 0 Å². The molecular formula is C18H18ClN3O5S. The number of nitrogens with one attached hydrogen (secondary N) is 2. The maximum atomic E-state index is 12.1. The second kappa shape index (κ2) is 8.59. The van der Waals surface area contributed by atoms with Crippen LogP contribution in [0.5, 0.6) is 0 Å². The summed E-state index contributed by atoms with van der Waals surface area (Å²) in [6.07, 6.45) is 0.0600. The Labute approximate surface area is 166 Å². The van der Waals surface area contributed by atoms with Crippen LogP contribution in [0.1, 0.15) is 6.42 Å². The van der Waals surface area contributed by atoms with Crippen LogP contribution in [0.25, 0.3) is 11.1 Å². The van der Waals surface area contributed by atoms with E-state index in [0.717, 1.165) is 0 Å². The van der Waals surface area contributed by atoms with Crippen LogP contribution in [0.15, 0.2) is 62.6 Å². The van der Waals surface area contributed by atoms with Gasteiger partial charge in [-0.15, -0.1) is 0 Å². The number of aryl methyl sites for hydroxylation is 1. The van der Waals surface area contributed by atoms with E-state index in [0.29, 0.717) is 16.1 Å². The fraction of sp³-hybridized carbons (Fsp3) is 0.222. The molecule has 3 aromatic rings. The van der Waals surface area contributed by atoms with Gasteiger partial charge in [0.2, 0.25) is 15.9 Å². The van der Waals surface area contributed by atoms with Gasteiger partial charge in [-0.1, -0.05) is 29.8 Å². The number of sulfonamides is 1. The van der Waals surface area contributed by atoms with Gasteiger partial charge in [-0.25, -0.2) is 17.9 Å². The van der Waals surface area contributed by atoms with E-state index in [1.807, 2.05) is 0 Å². The average molecular weight is 424 g/mol. The highest BCUT2D eigenvalue weighted by Crippen LogP contribution is 2.15. The lowest BCUT2D eigenvalue weighted by Crippen LogP contribution is -2.35. The highest BCUT2D eigenvalue weighted by Gasteiger charge is 2.14. The molecule has 1 heterocycles. The summed E-state index contributed by atoms with van der Waals surface area (Å²) in [4.78, 5) is 23.9. The maximum Gasteiger partial charge on any atom is 0.419 e. The molecule has 0 aliphatic carbocycles. The number of para-hydroxylation sites is 2. The largest absolute Gasteiger partial charge is 0.419 e. The molecule has 0 spiro atoms. The zero-order valence-corrected chi connectivity index (χ0v) is 16.3.